The molecule has 2 heterocycles. The second-order valence-electron chi connectivity index (χ2n) is 7.67. The van der Waals surface area contributed by atoms with Crippen molar-refractivity contribution in [1.82, 2.24) is 0 Å². The number of rotatable bonds is 7. The van der Waals surface area contributed by atoms with E-state index in [0.717, 1.165) is 0 Å². The summed E-state index contributed by atoms with van der Waals surface area (Å²) in [6.07, 6.45) is -15.0. The van der Waals surface area contributed by atoms with Crippen molar-refractivity contribution in [2.24, 2.45) is 0 Å². The van der Waals surface area contributed by atoms with Crippen molar-refractivity contribution in [3.63, 3.8) is 0 Å². The number of ketones is 1. The van der Waals surface area contributed by atoms with Crippen molar-refractivity contribution in [3.05, 3.63) is 35.9 Å². The topological polar surface area (TPSA) is 186 Å². The molecule has 7 N–H and O–H groups in total. The molecule has 1 aromatic carbocycles. The Morgan fingerprint density at radius 2 is 1.39 bits per heavy atom. The largest absolute Gasteiger partial charge is 0.394 e. The zero-order valence-electron chi connectivity index (χ0n) is 16.5. The first-order valence-electron chi connectivity index (χ1n) is 9.95. The van der Waals surface area contributed by atoms with E-state index in [0.29, 0.717) is 5.56 Å². The Morgan fingerprint density at radius 3 is 2.00 bits per heavy atom. The van der Waals surface area contributed by atoms with Crippen LogP contribution < -0.4 is 0 Å². The van der Waals surface area contributed by atoms with Crippen LogP contribution in [0.5, 0.6) is 0 Å². The molecule has 2 fully saturated rings. The summed E-state index contributed by atoms with van der Waals surface area (Å²) >= 11 is 0. The van der Waals surface area contributed by atoms with Crippen molar-refractivity contribution in [3.8, 4) is 0 Å². The van der Waals surface area contributed by atoms with Crippen LogP contribution in [0.1, 0.15) is 16.8 Å². The van der Waals surface area contributed by atoms with Gasteiger partial charge in [-0.1, -0.05) is 30.3 Å². The lowest BCUT2D eigenvalue weighted by molar-refractivity contribution is -0.341. The number of hydrogen-bond donors (Lipinski definition) is 7. The lowest BCUT2D eigenvalue weighted by Crippen LogP contribution is -2.64. The maximum absolute atomic E-state index is 12.4. The van der Waals surface area contributed by atoms with Crippen molar-refractivity contribution in [2.75, 3.05) is 13.2 Å². The molecule has 31 heavy (non-hydrogen) atoms. The van der Waals surface area contributed by atoms with Gasteiger partial charge in [-0.05, 0) is 0 Å². The fourth-order valence-electron chi connectivity index (χ4n) is 3.76. The van der Waals surface area contributed by atoms with Gasteiger partial charge in [-0.15, -0.1) is 0 Å². The maximum Gasteiger partial charge on any atom is 0.187 e. The summed E-state index contributed by atoms with van der Waals surface area (Å²) in [5, 5.41) is 69.9. The fourth-order valence-corrected chi connectivity index (χ4v) is 3.76. The van der Waals surface area contributed by atoms with Crippen LogP contribution >= 0.6 is 0 Å². The first kappa shape index (κ1) is 24.1. The van der Waals surface area contributed by atoms with Crippen LogP contribution in [0.2, 0.25) is 0 Å². The Hall–Kier alpha value is -1.51. The molecular formula is C20H28O11. The number of aliphatic hydroxyl groups excluding tert-OH is 7. The first-order chi connectivity index (χ1) is 14.8. The highest BCUT2D eigenvalue weighted by molar-refractivity contribution is 5.96. The third-order valence-corrected chi connectivity index (χ3v) is 5.59. The fraction of sp³-hybridized carbons (Fsp3) is 0.650. The second kappa shape index (κ2) is 10.4. The summed E-state index contributed by atoms with van der Waals surface area (Å²) in [7, 11) is 0. The van der Waals surface area contributed by atoms with Crippen LogP contribution in [0.3, 0.4) is 0 Å². The van der Waals surface area contributed by atoms with Crippen molar-refractivity contribution < 1.29 is 54.8 Å². The van der Waals surface area contributed by atoms with E-state index in [9.17, 15) is 40.5 Å². The molecule has 10 atom stereocenters. The summed E-state index contributed by atoms with van der Waals surface area (Å²) in [4.78, 5) is 12.4. The van der Waals surface area contributed by atoms with Gasteiger partial charge in [0.15, 0.2) is 12.1 Å². The number of ether oxygens (including phenoxy) is 3. The zero-order valence-corrected chi connectivity index (χ0v) is 16.5. The summed E-state index contributed by atoms with van der Waals surface area (Å²) in [5.41, 5.74) is 0.396. The molecule has 0 bridgehead atoms. The summed E-state index contributed by atoms with van der Waals surface area (Å²) in [5.74, 6) is -0.332. The van der Waals surface area contributed by atoms with E-state index in [1.54, 1.807) is 30.3 Å². The molecule has 0 aliphatic carbocycles. The highest BCUT2D eigenvalue weighted by Crippen LogP contribution is 2.30. The van der Waals surface area contributed by atoms with Crippen molar-refractivity contribution in [2.45, 2.75) is 67.6 Å². The van der Waals surface area contributed by atoms with Crippen LogP contribution in [0.25, 0.3) is 0 Å². The van der Waals surface area contributed by atoms with E-state index in [-0.39, 0.29) is 12.2 Å². The van der Waals surface area contributed by atoms with E-state index >= 15 is 0 Å². The molecule has 3 rings (SSSR count). The minimum atomic E-state index is -1.74. The van der Waals surface area contributed by atoms with E-state index < -0.39 is 74.4 Å². The number of hydrogen-bond acceptors (Lipinski definition) is 11. The molecule has 2 aliphatic heterocycles. The quantitative estimate of drug-likeness (QED) is 0.212. The number of carbonyl (C=O) groups is 1. The molecule has 0 radical (unpaired) electrons. The number of aliphatic hydroxyl groups is 7. The van der Waals surface area contributed by atoms with Gasteiger partial charge in [-0.2, -0.15) is 0 Å². The van der Waals surface area contributed by atoms with E-state index in [2.05, 4.69) is 0 Å². The molecule has 11 heteroatoms. The molecule has 0 spiro atoms. The van der Waals surface area contributed by atoms with Crippen LogP contribution in [0.15, 0.2) is 30.3 Å². The van der Waals surface area contributed by atoms with Gasteiger partial charge in [0.25, 0.3) is 0 Å². The molecule has 2 aliphatic rings. The number of benzene rings is 1. The maximum atomic E-state index is 12.4. The Balaban J connectivity index is 1.70. The third-order valence-electron chi connectivity index (χ3n) is 5.59. The van der Waals surface area contributed by atoms with Crippen molar-refractivity contribution >= 4 is 5.78 Å². The smallest absolute Gasteiger partial charge is 0.187 e. The summed E-state index contributed by atoms with van der Waals surface area (Å²) < 4.78 is 16.3. The third kappa shape index (κ3) is 5.12. The SMILES string of the molecule is O=C(C[C@@H]1OC(CO)[C@@H](O[C@@H]2OC(CO)[C@H](O)[C@H](O)C2O)[C@H](O)C1O)c1ccccc1. The van der Waals surface area contributed by atoms with Gasteiger partial charge in [0.05, 0.1) is 19.3 Å². The predicted molar refractivity (Wildman–Crippen MR) is 102 cm³/mol. The van der Waals surface area contributed by atoms with Crippen LogP contribution in [0.4, 0.5) is 0 Å². The van der Waals surface area contributed by atoms with Gasteiger partial charge in [-0.25, -0.2) is 0 Å². The highest BCUT2D eigenvalue weighted by Gasteiger charge is 2.50. The van der Waals surface area contributed by atoms with E-state index in [4.69, 9.17) is 14.2 Å². The van der Waals surface area contributed by atoms with Crippen molar-refractivity contribution in [1.29, 1.82) is 0 Å². The minimum absolute atomic E-state index is 0.258. The average Bonchev–Trinajstić information content (AvgIpc) is 2.79. The van der Waals surface area contributed by atoms with Crippen LogP contribution in [0, 0.1) is 0 Å². The van der Waals surface area contributed by atoms with Gasteiger partial charge >= 0.3 is 0 Å². The number of carbonyl (C=O) groups excluding carboxylic acids is 1. The molecule has 11 nitrogen and oxygen atoms in total. The lowest BCUT2D eigenvalue weighted by Gasteiger charge is -2.46. The lowest BCUT2D eigenvalue weighted by atomic mass is 9.91. The van der Waals surface area contributed by atoms with Crippen LogP contribution in [-0.4, -0.2) is 116 Å². The van der Waals surface area contributed by atoms with E-state index in [1.165, 1.54) is 0 Å². The average molecular weight is 444 g/mol. The number of Topliss-reactive ketones (excluding diaryl/α,β-unsaturated/α-hetero) is 1. The molecule has 4 unspecified atom stereocenters. The monoisotopic (exact) mass is 444 g/mol. The molecular weight excluding hydrogens is 416 g/mol. The van der Waals surface area contributed by atoms with Crippen LogP contribution in [-0.2, 0) is 14.2 Å². The summed E-state index contributed by atoms with van der Waals surface area (Å²) in [6.45, 7) is -1.33. The van der Waals surface area contributed by atoms with Gasteiger partial charge < -0.3 is 50.0 Å². The molecule has 2 saturated heterocycles. The van der Waals surface area contributed by atoms with Gasteiger partial charge in [0, 0.05) is 12.0 Å². The van der Waals surface area contributed by atoms with E-state index in [1.807, 2.05) is 0 Å². The molecule has 0 amide bonds. The van der Waals surface area contributed by atoms with Gasteiger partial charge in [0.2, 0.25) is 0 Å². The molecule has 0 aromatic heterocycles. The molecule has 1 aromatic rings. The molecule has 174 valence electrons. The summed E-state index contributed by atoms with van der Waals surface area (Å²) in [6, 6.07) is 8.31. The highest BCUT2D eigenvalue weighted by atomic mass is 16.7. The Kier molecular flexibility index (Phi) is 8.10. The molecule has 0 saturated carbocycles. The Labute approximate surface area is 178 Å². The Bertz CT molecular complexity index is 712. The second-order valence-corrected chi connectivity index (χ2v) is 7.67. The van der Waals surface area contributed by atoms with Gasteiger partial charge in [-0.3, -0.25) is 4.79 Å². The van der Waals surface area contributed by atoms with Gasteiger partial charge in [0.1, 0.15) is 48.8 Å². The Morgan fingerprint density at radius 1 is 0.774 bits per heavy atom. The standard InChI is InChI=1S/C20H28O11/c21-7-12-15(25)16(26)18(28)20(30-12)31-19-13(8-22)29-11(14(24)17(19)27)6-10(23)9-4-2-1-3-5-9/h1-5,11-22,24-28H,6-8H2/t11-,12?,13?,14?,15-,16-,17+,18?,19+,20-/m0/s1. The zero-order chi connectivity index (χ0) is 22.7. The normalized spacial score (nSPS) is 41.1. The minimum Gasteiger partial charge on any atom is -0.394 e. The predicted octanol–water partition coefficient (Wildman–Crippen LogP) is -3.07. The first-order valence-corrected chi connectivity index (χ1v) is 9.95.